The van der Waals surface area contributed by atoms with E-state index in [9.17, 15) is 19.7 Å². The van der Waals surface area contributed by atoms with Gasteiger partial charge >= 0.3 is 5.97 Å². The lowest BCUT2D eigenvalue weighted by atomic mass is 10.0. The zero-order chi connectivity index (χ0) is 12.3. The van der Waals surface area contributed by atoms with Crippen molar-refractivity contribution in [1.29, 1.82) is 0 Å². The molecule has 0 aliphatic carbocycles. The highest BCUT2D eigenvalue weighted by Crippen LogP contribution is 2.24. The maximum atomic E-state index is 10.7. The van der Waals surface area contributed by atoms with Crippen molar-refractivity contribution in [2.24, 2.45) is 5.73 Å². The number of carboxylic acid groups (broad SMARTS) is 1. The Balaban J connectivity index is 3.38. The van der Waals surface area contributed by atoms with Crippen LogP contribution in [0.5, 0.6) is 0 Å². The molecule has 3 N–H and O–H groups in total. The molecule has 16 heavy (non-hydrogen) atoms. The topological polar surface area (TPSA) is 124 Å². The third-order valence-corrected chi connectivity index (χ3v) is 1.90. The lowest BCUT2D eigenvalue weighted by molar-refractivity contribution is -0.385. The zero-order valence-corrected chi connectivity index (χ0v) is 8.04. The van der Waals surface area contributed by atoms with Crippen LogP contribution in [-0.4, -0.2) is 21.9 Å². The van der Waals surface area contributed by atoms with Crippen LogP contribution in [0.4, 0.5) is 5.69 Å². The quantitative estimate of drug-likeness (QED) is 0.563. The number of hydrogen-bond acceptors (Lipinski definition) is 4. The number of carbonyl (C=O) groups excluding carboxylic acids is 1. The minimum Gasteiger partial charge on any atom is -0.477 e. The number of rotatable bonds is 4. The number of para-hydroxylation sites is 1. The number of carboxylic acids is 1. The largest absolute Gasteiger partial charge is 0.477 e. The highest BCUT2D eigenvalue weighted by atomic mass is 16.6. The molecule has 0 atom stereocenters. The number of primary amides is 1. The Hall–Kier alpha value is -2.44. The Bertz CT molecular complexity index is 469. The van der Waals surface area contributed by atoms with Gasteiger partial charge in [-0.05, 0) is 6.07 Å². The molecule has 0 fully saturated rings. The summed E-state index contributed by atoms with van der Waals surface area (Å²) in [5.41, 5.74) is 3.86. The summed E-state index contributed by atoms with van der Waals surface area (Å²) in [5.74, 6) is -2.18. The molecule has 0 saturated heterocycles. The van der Waals surface area contributed by atoms with Gasteiger partial charge in [0.15, 0.2) is 0 Å². The van der Waals surface area contributed by atoms with Gasteiger partial charge in [0.1, 0.15) is 5.56 Å². The Morgan fingerprint density at radius 1 is 1.44 bits per heavy atom. The van der Waals surface area contributed by atoms with Gasteiger partial charge in [-0.1, -0.05) is 12.1 Å². The van der Waals surface area contributed by atoms with E-state index in [-0.39, 0.29) is 12.0 Å². The van der Waals surface area contributed by atoms with Gasteiger partial charge in [0.2, 0.25) is 5.91 Å². The fourth-order valence-electron chi connectivity index (χ4n) is 1.31. The lowest BCUT2D eigenvalue weighted by Crippen LogP contribution is -2.16. The number of nitro groups is 1. The van der Waals surface area contributed by atoms with Crippen LogP contribution in [0.25, 0.3) is 0 Å². The van der Waals surface area contributed by atoms with Crippen LogP contribution in [0.15, 0.2) is 18.2 Å². The van der Waals surface area contributed by atoms with Crippen molar-refractivity contribution >= 4 is 17.6 Å². The van der Waals surface area contributed by atoms with Crippen LogP contribution in [0, 0.1) is 10.1 Å². The Kier molecular flexibility index (Phi) is 3.19. The van der Waals surface area contributed by atoms with Gasteiger partial charge < -0.3 is 10.8 Å². The predicted octanol–water partition coefficient (Wildman–Crippen LogP) is 0.321. The molecule has 0 saturated carbocycles. The van der Waals surface area contributed by atoms with Crippen LogP contribution in [0.2, 0.25) is 0 Å². The predicted molar refractivity (Wildman–Crippen MR) is 53.0 cm³/mol. The number of hydrogen-bond donors (Lipinski definition) is 2. The molecule has 0 bridgehead atoms. The van der Waals surface area contributed by atoms with Crippen LogP contribution in [-0.2, 0) is 11.2 Å². The number of carbonyl (C=O) groups is 2. The van der Waals surface area contributed by atoms with Crippen molar-refractivity contribution in [2.75, 3.05) is 0 Å². The lowest BCUT2D eigenvalue weighted by Gasteiger charge is -2.03. The van der Waals surface area contributed by atoms with Gasteiger partial charge in [0.05, 0.1) is 11.3 Å². The van der Waals surface area contributed by atoms with E-state index in [1.54, 1.807) is 0 Å². The molecule has 0 radical (unpaired) electrons. The van der Waals surface area contributed by atoms with E-state index >= 15 is 0 Å². The number of benzene rings is 1. The van der Waals surface area contributed by atoms with Crippen LogP contribution >= 0.6 is 0 Å². The van der Waals surface area contributed by atoms with E-state index in [1.165, 1.54) is 12.1 Å². The first-order valence-corrected chi connectivity index (χ1v) is 4.21. The molecule has 1 rings (SSSR count). The first-order valence-electron chi connectivity index (χ1n) is 4.21. The third-order valence-electron chi connectivity index (χ3n) is 1.90. The molecule has 0 aliphatic heterocycles. The number of amides is 1. The van der Waals surface area contributed by atoms with Crippen molar-refractivity contribution in [2.45, 2.75) is 6.42 Å². The average molecular weight is 224 g/mol. The number of nitrogens with zero attached hydrogens (tertiary/aromatic N) is 1. The summed E-state index contributed by atoms with van der Waals surface area (Å²) in [6.07, 6.45) is -0.364. The van der Waals surface area contributed by atoms with Gasteiger partial charge in [0.25, 0.3) is 5.69 Å². The van der Waals surface area contributed by atoms with Crippen molar-refractivity contribution in [3.05, 3.63) is 39.4 Å². The molecule has 1 amide bonds. The standard InChI is InChI=1S/C9H8N2O5/c10-7(12)4-5-2-1-3-6(9(13)14)8(5)11(15)16/h1-3H,4H2,(H2,10,12)(H,13,14). The number of aromatic carboxylic acids is 1. The molecule has 7 heteroatoms. The minimum absolute atomic E-state index is 0.00241. The van der Waals surface area contributed by atoms with E-state index in [4.69, 9.17) is 10.8 Å². The molecular formula is C9H8N2O5. The average Bonchev–Trinajstić information content (AvgIpc) is 2.15. The molecule has 0 spiro atoms. The molecule has 0 heterocycles. The fraction of sp³-hybridized carbons (Fsp3) is 0.111. The molecule has 0 unspecified atom stereocenters. The highest BCUT2D eigenvalue weighted by molar-refractivity contribution is 5.93. The zero-order valence-electron chi connectivity index (χ0n) is 8.04. The normalized spacial score (nSPS) is 9.75. The first kappa shape index (κ1) is 11.6. The van der Waals surface area contributed by atoms with Gasteiger partial charge in [-0.25, -0.2) is 4.79 Å². The first-order chi connectivity index (χ1) is 7.43. The summed E-state index contributed by atoms with van der Waals surface area (Å²) >= 11 is 0. The van der Waals surface area contributed by atoms with Crippen LogP contribution in [0.1, 0.15) is 15.9 Å². The molecule has 1 aromatic carbocycles. The molecular weight excluding hydrogens is 216 g/mol. The number of nitro benzene ring substituents is 1. The molecule has 84 valence electrons. The van der Waals surface area contributed by atoms with Crippen molar-refractivity contribution < 1.29 is 19.6 Å². The van der Waals surface area contributed by atoms with E-state index in [1.807, 2.05) is 0 Å². The highest BCUT2D eigenvalue weighted by Gasteiger charge is 2.24. The van der Waals surface area contributed by atoms with Crippen molar-refractivity contribution in [3.63, 3.8) is 0 Å². The minimum atomic E-state index is -1.42. The molecule has 1 aromatic rings. The van der Waals surface area contributed by atoms with Crippen LogP contribution in [0.3, 0.4) is 0 Å². The van der Waals surface area contributed by atoms with E-state index in [0.29, 0.717) is 0 Å². The fourth-order valence-corrected chi connectivity index (χ4v) is 1.31. The maximum Gasteiger partial charge on any atom is 0.342 e. The Morgan fingerprint density at radius 2 is 2.06 bits per heavy atom. The monoisotopic (exact) mass is 224 g/mol. The van der Waals surface area contributed by atoms with E-state index in [2.05, 4.69) is 0 Å². The molecule has 0 aliphatic rings. The summed E-state index contributed by atoms with van der Waals surface area (Å²) in [5, 5.41) is 19.5. The molecule has 0 aromatic heterocycles. The van der Waals surface area contributed by atoms with Gasteiger partial charge in [-0.2, -0.15) is 0 Å². The smallest absolute Gasteiger partial charge is 0.342 e. The Morgan fingerprint density at radius 3 is 2.50 bits per heavy atom. The summed E-state index contributed by atoms with van der Waals surface area (Å²) in [7, 11) is 0. The maximum absolute atomic E-state index is 10.7. The van der Waals surface area contributed by atoms with Crippen LogP contribution < -0.4 is 5.73 Å². The van der Waals surface area contributed by atoms with Crippen molar-refractivity contribution in [3.8, 4) is 0 Å². The number of nitrogens with two attached hydrogens (primary N) is 1. The van der Waals surface area contributed by atoms with Gasteiger partial charge in [-0.3, -0.25) is 14.9 Å². The third kappa shape index (κ3) is 2.32. The molecule has 7 nitrogen and oxygen atoms in total. The van der Waals surface area contributed by atoms with Crippen molar-refractivity contribution in [1.82, 2.24) is 0 Å². The summed E-state index contributed by atoms with van der Waals surface area (Å²) in [6.45, 7) is 0. The second-order valence-corrected chi connectivity index (χ2v) is 3.02. The second-order valence-electron chi connectivity index (χ2n) is 3.02. The van der Waals surface area contributed by atoms with E-state index < -0.39 is 28.1 Å². The van der Waals surface area contributed by atoms with Gasteiger partial charge in [0, 0.05) is 5.56 Å². The van der Waals surface area contributed by atoms with Gasteiger partial charge in [-0.15, -0.1) is 0 Å². The summed E-state index contributed by atoms with van der Waals surface area (Å²) in [4.78, 5) is 31.3. The summed E-state index contributed by atoms with van der Waals surface area (Å²) in [6, 6.07) is 3.73. The Labute approximate surface area is 89.6 Å². The summed E-state index contributed by atoms with van der Waals surface area (Å²) < 4.78 is 0. The SMILES string of the molecule is NC(=O)Cc1cccc(C(=O)O)c1[N+](=O)[O-]. The van der Waals surface area contributed by atoms with E-state index in [0.717, 1.165) is 6.07 Å². The second kappa shape index (κ2) is 4.39.